The average Bonchev–Trinajstić information content (AvgIpc) is 2.65. The molecule has 0 aliphatic carbocycles. The zero-order valence-electron chi connectivity index (χ0n) is 14.7. The van der Waals surface area contributed by atoms with Gasteiger partial charge in [-0.1, -0.05) is 18.2 Å². The van der Waals surface area contributed by atoms with Crippen molar-refractivity contribution in [2.75, 3.05) is 32.7 Å². The second-order valence-electron chi connectivity index (χ2n) is 6.33. The van der Waals surface area contributed by atoms with Gasteiger partial charge in [0.1, 0.15) is 11.6 Å². The summed E-state index contributed by atoms with van der Waals surface area (Å²) in [4.78, 5) is 28.2. The van der Waals surface area contributed by atoms with Crippen LogP contribution in [0.15, 0.2) is 48.5 Å². The summed E-state index contributed by atoms with van der Waals surface area (Å²) in [5, 5.41) is 0. The van der Waals surface area contributed by atoms with Crippen molar-refractivity contribution in [1.29, 1.82) is 0 Å². The molecule has 2 aromatic carbocycles. The Kier molecular flexibility index (Phi) is 5.63. The Morgan fingerprint density at radius 3 is 2.38 bits per heavy atom. The van der Waals surface area contributed by atoms with Crippen molar-refractivity contribution in [1.82, 2.24) is 9.80 Å². The van der Waals surface area contributed by atoms with Crippen molar-refractivity contribution in [2.45, 2.75) is 6.92 Å². The Morgan fingerprint density at radius 2 is 1.73 bits per heavy atom. The molecule has 0 radical (unpaired) electrons. The number of ketones is 1. The first-order chi connectivity index (χ1) is 12.5. The maximum Gasteiger partial charge on any atom is 0.415 e. The number of halogens is 1. The summed E-state index contributed by atoms with van der Waals surface area (Å²) >= 11 is 0. The molecule has 0 aromatic heterocycles. The summed E-state index contributed by atoms with van der Waals surface area (Å²) in [7, 11) is 0. The van der Waals surface area contributed by atoms with Crippen molar-refractivity contribution in [3.8, 4) is 5.75 Å². The Morgan fingerprint density at radius 1 is 1.04 bits per heavy atom. The molecule has 0 atom stereocenters. The van der Waals surface area contributed by atoms with E-state index in [0.717, 1.165) is 0 Å². The van der Waals surface area contributed by atoms with Crippen LogP contribution in [0, 0.1) is 12.7 Å². The molecule has 0 spiro atoms. The molecule has 1 heterocycles. The lowest BCUT2D eigenvalue weighted by molar-refractivity contribution is 0.0845. The highest BCUT2D eigenvalue weighted by atomic mass is 19.1. The minimum absolute atomic E-state index is 0.0478. The number of Topliss-reactive ketones (excluding diaryl/α,β-unsaturated/α-hetero) is 1. The van der Waals surface area contributed by atoms with Gasteiger partial charge in [0.25, 0.3) is 0 Å². The number of aryl methyl sites for hydroxylation is 1. The van der Waals surface area contributed by atoms with Crippen molar-refractivity contribution >= 4 is 11.9 Å². The highest BCUT2D eigenvalue weighted by Gasteiger charge is 2.24. The molecule has 5 nitrogen and oxygen atoms in total. The van der Waals surface area contributed by atoms with Crippen molar-refractivity contribution < 1.29 is 18.7 Å². The molecule has 136 valence electrons. The highest BCUT2D eigenvalue weighted by Crippen LogP contribution is 2.13. The quantitative estimate of drug-likeness (QED) is 0.790. The number of carbonyl (C=O) groups is 2. The van der Waals surface area contributed by atoms with E-state index in [2.05, 4.69) is 0 Å². The molecule has 0 saturated carbocycles. The Hall–Kier alpha value is -2.73. The number of piperazine rings is 1. The van der Waals surface area contributed by atoms with Gasteiger partial charge in [0.15, 0.2) is 5.78 Å². The number of para-hydroxylation sites is 1. The maximum absolute atomic E-state index is 13.3. The number of amides is 1. The summed E-state index contributed by atoms with van der Waals surface area (Å²) in [5.74, 6) is 0.155. The maximum atomic E-state index is 13.3. The largest absolute Gasteiger partial charge is 0.415 e. The van der Waals surface area contributed by atoms with Crippen molar-refractivity contribution in [3.63, 3.8) is 0 Å². The zero-order chi connectivity index (χ0) is 18.5. The molecule has 0 bridgehead atoms. The first-order valence-electron chi connectivity index (χ1n) is 8.56. The lowest BCUT2D eigenvalue weighted by atomic mass is 10.1. The van der Waals surface area contributed by atoms with E-state index in [-0.39, 0.29) is 24.2 Å². The van der Waals surface area contributed by atoms with E-state index in [1.54, 1.807) is 30.0 Å². The summed E-state index contributed by atoms with van der Waals surface area (Å²) in [5.41, 5.74) is 0.971. The molecule has 2 aromatic rings. The van der Waals surface area contributed by atoms with Crippen LogP contribution in [0.3, 0.4) is 0 Å². The van der Waals surface area contributed by atoms with E-state index in [9.17, 15) is 14.0 Å². The third-order valence-electron chi connectivity index (χ3n) is 4.43. The lowest BCUT2D eigenvalue weighted by Crippen LogP contribution is -2.50. The van der Waals surface area contributed by atoms with Gasteiger partial charge in [0.05, 0.1) is 6.54 Å². The minimum Gasteiger partial charge on any atom is -0.410 e. The van der Waals surface area contributed by atoms with Gasteiger partial charge in [-0.3, -0.25) is 9.69 Å². The molecule has 0 N–H and O–H groups in total. The molecular formula is C20H21FN2O3. The molecular weight excluding hydrogens is 335 g/mol. The standard InChI is InChI=1S/C20H21FN2O3/c1-15-13-16(7-8-18(15)21)19(24)14-22-9-11-23(12-10-22)20(25)26-17-5-3-2-4-6-17/h2-8,13H,9-12,14H2,1H3. The van der Waals surface area contributed by atoms with Crippen LogP contribution in [-0.2, 0) is 0 Å². The fourth-order valence-electron chi connectivity index (χ4n) is 2.85. The van der Waals surface area contributed by atoms with Crippen LogP contribution in [0.25, 0.3) is 0 Å². The van der Waals surface area contributed by atoms with Gasteiger partial charge >= 0.3 is 6.09 Å². The molecule has 6 heteroatoms. The minimum atomic E-state index is -0.378. The second kappa shape index (κ2) is 8.10. The van der Waals surface area contributed by atoms with E-state index in [1.807, 2.05) is 23.1 Å². The normalized spacial score (nSPS) is 14.9. The molecule has 1 aliphatic heterocycles. The fourth-order valence-corrected chi connectivity index (χ4v) is 2.85. The molecule has 26 heavy (non-hydrogen) atoms. The number of ether oxygens (including phenoxy) is 1. The predicted molar refractivity (Wildman–Crippen MR) is 95.9 cm³/mol. The van der Waals surface area contributed by atoms with Crippen molar-refractivity contribution in [2.24, 2.45) is 0 Å². The summed E-state index contributed by atoms with van der Waals surface area (Å²) in [6.07, 6.45) is -0.378. The average molecular weight is 356 g/mol. The van der Waals surface area contributed by atoms with Crippen LogP contribution in [0.5, 0.6) is 5.75 Å². The van der Waals surface area contributed by atoms with E-state index in [1.165, 1.54) is 12.1 Å². The van der Waals surface area contributed by atoms with Crippen LogP contribution in [0.2, 0.25) is 0 Å². The molecule has 1 saturated heterocycles. The third-order valence-corrected chi connectivity index (χ3v) is 4.43. The highest BCUT2D eigenvalue weighted by molar-refractivity contribution is 5.97. The van der Waals surface area contributed by atoms with Gasteiger partial charge in [-0.05, 0) is 42.8 Å². The summed E-state index contributed by atoms with van der Waals surface area (Å²) in [6, 6.07) is 13.3. The smallest absolute Gasteiger partial charge is 0.410 e. The number of hydrogen-bond donors (Lipinski definition) is 0. The van der Waals surface area contributed by atoms with Gasteiger partial charge in [-0.25, -0.2) is 9.18 Å². The van der Waals surface area contributed by atoms with Gasteiger partial charge < -0.3 is 9.64 Å². The van der Waals surface area contributed by atoms with Crippen LogP contribution in [-0.4, -0.2) is 54.4 Å². The van der Waals surface area contributed by atoms with Crippen LogP contribution < -0.4 is 4.74 Å². The monoisotopic (exact) mass is 356 g/mol. The summed E-state index contributed by atoms with van der Waals surface area (Å²) < 4.78 is 18.7. The van der Waals surface area contributed by atoms with Gasteiger partial charge in [0, 0.05) is 31.7 Å². The third kappa shape index (κ3) is 4.46. The Bertz CT molecular complexity index is 787. The molecule has 1 amide bonds. The Balaban J connectivity index is 1.49. The molecule has 1 aliphatic rings. The topological polar surface area (TPSA) is 49.9 Å². The first kappa shape index (κ1) is 18.1. The van der Waals surface area contributed by atoms with E-state index in [4.69, 9.17) is 4.74 Å². The predicted octanol–water partition coefficient (Wildman–Crippen LogP) is 3.13. The van der Waals surface area contributed by atoms with Gasteiger partial charge in [-0.2, -0.15) is 0 Å². The fraction of sp³-hybridized carbons (Fsp3) is 0.300. The number of rotatable bonds is 4. The number of hydrogen-bond acceptors (Lipinski definition) is 4. The summed E-state index contributed by atoms with van der Waals surface area (Å²) in [6.45, 7) is 4.09. The number of benzene rings is 2. The van der Waals surface area contributed by atoms with Crippen molar-refractivity contribution in [3.05, 3.63) is 65.5 Å². The van der Waals surface area contributed by atoms with Gasteiger partial charge in [-0.15, -0.1) is 0 Å². The van der Waals surface area contributed by atoms with Crippen LogP contribution >= 0.6 is 0 Å². The lowest BCUT2D eigenvalue weighted by Gasteiger charge is -2.33. The van der Waals surface area contributed by atoms with E-state index < -0.39 is 0 Å². The molecule has 0 unspecified atom stereocenters. The Labute approximate surface area is 152 Å². The molecule has 3 rings (SSSR count). The van der Waals surface area contributed by atoms with Crippen LogP contribution in [0.4, 0.5) is 9.18 Å². The van der Waals surface area contributed by atoms with Gasteiger partial charge in [0.2, 0.25) is 0 Å². The zero-order valence-corrected chi connectivity index (χ0v) is 14.7. The number of nitrogens with zero attached hydrogens (tertiary/aromatic N) is 2. The second-order valence-corrected chi connectivity index (χ2v) is 6.33. The number of carbonyl (C=O) groups excluding carboxylic acids is 2. The SMILES string of the molecule is Cc1cc(C(=O)CN2CCN(C(=O)Oc3ccccc3)CC2)ccc1F. The first-order valence-corrected chi connectivity index (χ1v) is 8.56. The molecule has 1 fully saturated rings. The van der Waals surface area contributed by atoms with E-state index >= 15 is 0 Å². The van der Waals surface area contributed by atoms with Crippen LogP contribution in [0.1, 0.15) is 15.9 Å². The van der Waals surface area contributed by atoms with E-state index in [0.29, 0.717) is 43.1 Å².